The van der Waals surface area contributed by atoms with E-state index in [2.05, 4.69) is 15.3 Å². The van der Waals surface area contributed by atoms with Crippen molar-refractivity contribution in [1.82, 2.24) is 9.97 Å². The summed E-state index contributed by atoms with van der Waals surface area (Å²) in [6, 6.07) is 11.9. The summed E-state index contributed by atoms with van der Waals surface area (Å²) in [5.41, 5.74) is 7.22. The molecule has 0 radical (unpaired) electrons. The summed E-state index contributed by atoms with van der Waals surface area (Å²) in [6.07, 6.45) is 3.99. The quantitative estimate of drug-likeness (QED) is 0.425. The van der Waals surface area contributed by atoms with Crippen LogP contribution in [0.3, 0.4) is 0 Å². The topological polar surface area (TPSA) is 117 Å². The van der Waals surface area contributed by atoms with Crippen LogP contribution in [0.1, 0.15) is 37.8 Å². The van der Waals surface area contributed by atoms with Crippen LogP contribution in [0.25, 0.3) is 10.8 Å². The number of benzene rings is 2. The molecule has 2 aromatic carbocycles. The van der Waals surface area contributed by atoms with Gasteiger partial charge in [0.25, 0.3) is 0 Å². The molecule has 1 fully saturated rings. The summed E-state index contributed by atoms with van der Waals surface area (Å²) >= 11 is 0. The van der Waals surface area contributed by atoms with Crippen molar-refractivity contribution in [1.29, 1.82) is 5.41 Å². The Morgan fingerprint density at radius 3 is 2.67 bits per heavy atom. The number of nitrogen functional groups attached to an aromatic ring is 1. The smallest absolute Gasteiger partial charge is 0.141 e. The van der Waals surface area contributed by atoms with Crippen molar-refractivity contribution >= 4 is 28.1 Å². The van der Waals surface area contributed by atoms with Gasteiger partial charge in [-0.15, -0.1) is 0 Å². The number of hydrogen-bond donors (Lipinski definition) is 4. The number of fused-ring (bicyclic) bond motifs is 1. The molecule has 1 aliphatic carbocycles. The Kier molecular flexibility index (Phi) is 5.30. The van der Waals surface area contributed by atoms with Gasteiger partial charge >= 0.3 is 0 Å². The molecule has 1 aliphatic rings. The third-order valence-electron chi connectivity index (χ3n) is 5.22. The van der Waals surface area contributed by atoms with E-state index in [1.54, 1.807) is 0 Å². The number of ether oxygens (including phenoxy) is 1. The number of nitrogens with two attached hydrogens (primary N) is 1. The highest BCUT2D eigenvalue weighted by atomic mass is 16.5. The molecule has 4 rings (SSSR count). The van der Waals surface area contributed by atoms with E-state index in [0.29, 0.717) is 24.0 Å². The van der Waals surface area contributed by atoms with Gasteiger partial charge < -0.3 is 20.9 Å². The second-order valence-corrected chi connectivity index (χ2v) is 8.57. The number of nitrogens with zero attached hydrogens (tertiary/aromatic N) is 2. The minimum Gasteiger partial charge on any atom is -0.490 e. The predicted molar refractivity (Wildman–Crippen MR) is 119 cm³/mol. The number of aliphatic hydroxyl groups excluding tert-OH is 1. The van der Waals surface area contributed by atoms with Crippen LogP contribution in [0.2, 0.25) is 0 Å². The summed E-state index contributed by atoms with van der Waals surface area (Å²) in [6.45, 7) is 4.41. The number of rotatable bonds is 8. The first kappa shape index (κ1) is 20.1. The van der Waals surface area contributed by atoms with E-state index in [1.165, 1.54) is 6.33 Å². The van der Waals surface area contributed by atoms with Gasteiger partial charge in [0, 0.05) is 24.1 Å². The Balaban J connectivity index is 1.62. The van der Waals surface area contributed by atoms with Gasteiger partial charge in [0.15, 0.2) is 0 Å². The first-order valence-electron chi connectivity index (χ1n) is 10.1. The summed E-state index contributed by atoms with van der Waals surface area (Å²) in [5, 5.41) is 23.6. The van der Waals surface area contributed by atoms with Gasteiger partial charge in [-0.1, -0.05) is 32.0 Å². The Morgan fingerprint density at radius 1 is 1.20 bits per heavy atom. The monoisotopic (exact) mass is 405 g/mol. The molecule has 5 N–H and O–H groups in total. The van der Waals surface area contributed by atoms with E-state index in [9.17, 15) is 5.11 Å². The SMILES string of the molecule is CC(C)(CO)CNc1ncnc(N)c1C(=N)c1ccc2cc(OC3CC3)ccc2c1. The van der Waals surface area contributed by atoms with Crippen molar-refractivity contribution in [2.75, 3.05) is 24.2 Å². The molecule has 7 nitrogen and oxygen atoms in total. The van der Waals surface area contributed by atoms with Crippen molar-refractivity contribution in [2.24, 2.45) is 5.41 Å². The Morgan fingerprint density at radius 2 is 1.93 bits per heavy atom. The molecule has 7 heteroatoms. The van der Waals surface area contributed by atoms with E-state index in [-0.39, 0.29) is 23.6 Å². The molecule has 30 heavy (non-hydrogen) atoms. The molecule has 1 aromatic heterocycles. The Hall–Kier alpha value is -3.19. The van der Waals surface area contributed by atoms with Crippen LogP contribution in [0, 0.1) is 10.8 Å². The molecule has 0 atom stereocenters. The zero-order chi connectivity index (χ0) is 21.3. The third-order valence-corrected chi connectivity index (χ3v) is 5.22. The van der Waals surface area contributed by atoms with Crippen molar-refractivity contribution in [3.63, 3.8) is 0 Å². The summed E-state index contributed by atoms with van der Waals surface area (Å²) in [5.74, 6) is 1.61. The van der Waals surface area contributed by atoms with Crippen LogP contribution >= 0.6 is 0 Å². The number of nitrogens with one attached hydrogen (secondary N) is 2. The van der Waals surface area contributed by atoms with Crippen molar-refractivity contribution in [3.05, 3.63) is 53.9 Å². The molecular formula is C23H27N5O2. The maximum atomic E-state index is 9.51. The maximum absolute atomic E-state index is 9.51. The third kappa shape index (κ3) is 4.36. The van der Waals surface area contributed by atoms with Gasteiger partial charge in [0.1, 0.15) is 23.7 Å². The van der Waals surface area contributed by atoms with E-state index < -0.39 is 0 Å². The van der Waals surface area contributed by atoms with Crippen LogP contribution in [0.5, 0.6) is 5.75 Å². The Labute approximate surface area is 175 Å². The van der Waals surface area contributed by atoms with E-state index >= 15 is 0 Å². The van der Waals surface area contributed by atoms with Gasteiger partial charge in [-0.2, -0.15) is 0 Å². The fourth-order valence-electron chi connectivity index (χ4n) is 3.13. The van der Waals surface area contributed by atoms with E-state index in [4.69, 9.17) is 15.9 Å². The van der Waals surface area contributed by atoms with Crippen LogP contribution in [0.4, 0.5) is 11.6 Å². The lowest BCUT2D eigenvalue weighted by atomic mass is 9.94. The second-order valence-electron chi connectivity index (χ2n) is 8.57. The highest BCUT2D eigenvalue weighted by molar-refractivity contribution is 6.17. The van der Waals surface area contributed by atoms with E-state index in [1.807, 2.05) is 50.2 Å². The number of anilines is 2. The largest absolute Gasteiger partial charge is 0.490 e. The van der Waals surface area contributed by atoms with Gasteiger partial charge in [-0.3, -0.25) is 5.41 Å². The molecule has 0 spiro atoms. The summed E-state index contributed by atoms with van der Waals surface area (Å²) in [4.78, 5) is 8.37. The Bertz CT molecular complexity index is 1090. The molecule has 3 aromatic rings. The lowest BCUT2D eigenvalue weighted by Gasteiger charge is -2.23. The fraction of sp³-hybridized carbons (Fsp3) is 0.348. The molecular weight excluding hydrogens is 378 g/mol. The fourth-order valence-corrected chi connectivity index (χ4v) is 3.13. The van der Waals surface area contributed by atoms with Gasteiger partial charge in [0.2, 0.25) is 0 Å². The van der Waals surface area contributed by atoms with Crippen molar-refractivity contribution in [2.45, 2.75) is 32.8 Å². The molecule has 0 unspecified atom stereocenters. The van der Waals surface area contributed by atoms with Gasteiger partial charge in [0.05, 0.1) is 17.4 Å². The first-order valence-corrected chi connectivity index (χ1v) is 10.1. The number of hydrogen-bond acceptors (Lipinski definition) is 7. The van der Waals surface area contributed by atoms with Gasteiger partial charge in [-0.05, 0) is 41.8 Å². The average molecular weight is 406 g/mol. The molecule has 1 heterocycles. The zero-order valence-corrected chi connectivity index (χ0v) is 17.3. The van der Waals surface area contributed by atoms with Gasteiger partial charge in [-0.25, -0.2) is 9.97 Å². The van der Waals surface area contributed by atoms with Crippen molar-refractivity contribution in [3.8, 4) is 5.75 Å². The summed E-state index contributed by atoms with van der Waals surface area (Å²) in [7, 11) is 0. The van der Waals surface area contributed by atoms with Crippen molar-refractivity contribution < 1.29 is 9.84 Å². The van der Waals surface area contributed by atoms with Crippen LogP contribution in [-0.4, -0.2) is 40.0 Å². The molecule has 0 bridgehead atoms. The summed E-state index contributed by atoms with van der Waals surface area (Å²) < 4.78 is 5.87. The minimum atomic E-state index is -0.331. The standard InChI is InChI=1S/C23H27N5O2/c1-23(2,12-29)11-26-22-19(21(25)27-13-28-22)20(24)16-4-3-15-10-18(30-17-7-8-17)6-5-14(15)9-16/h3-6,9-10,13,17,24,29H,7-8,11-12H2,1-2H3,(H3,25,26,27,28). The molecule has 156 valence electrons. The lowest BCUT2D eigenvalue weighted by Crippen LogP contribution is -2.28. The maximum Gasteiger partial charge on any atom is 0.141 e. The van der Waals surface area contributed by atoms with Crippen LogP contribution in [-0.2, 0) is 0 Å². The predicted octanol–water partition coefficient (Wildman–Crippen LogP) is 3.60. The minimum absolute atomic E-state index is 0.0322. The first-order chi connectivity index (χ1) is 14.4. The average Bonchev–Trinajstić information content (AvgIpc) is 3.55. The van der Waals surface area contributed by atoms with Crippen LogP contribution in [0.15, 0.2) is 42.7 Å². The number of aliphatic hydroxyl groups is 1. The molecule has 0 saturated heterocycles. The van der Waals surface area contributed by atoms with E-state index in [0.717, 1.165) is 34.9 Å². The molecule has 0 amide bonds. The second kappa shape index (κ2) is 7.91. The molecule has 1 saturated carbocycles. The highest BCUT2D eigenvalue weighted by Gasteiger charge is 2.24. The normalized spacial score (nSPS) is 14.0. The molecule has 0 aliphatic heterocycles. The highest BCUT2D eigenvalue weighted by Crippen LogP contribution is 2.30. The number of aromatic nitrogens is 2. The zero-order valence-electron chi connectivity index (χ0n) is 17.3. The van der Waals surface area contributed by atoms with Crippen LogP contribution < -0.4 is 15.8 Å². The lowest BCUT2D eigenvalue weighted by molar-refractivity contribution is 0.170.